The zero-order valence-corrected chi connectivity index (χ0v) is 32.5. The SMILES string of the molecule is C1=Cc2cc3ccc(cc4ccc(cc5nc(cc1n2)C=C5)[nH]4)[nH]3.O=[N+]([O-])c1[c-]cccc1.O=[N+]([O-])c1[c-]cccc1.O=[N+]([O-])c1[c-]cccc1.O=[N+]([O-])c1[c-]cccc1.[Co]. The third kappa shape index (κ3) is 15.1. The van der Waals surface area contributed by atoms with Crippen molar-refractivity contribution in [3.63, 3.8) is 0 Å². The van der Waals surface area contributed by atoms with Crippen molar-refractivity contribution in [3.8, 4) is 0 Å². The predicted octanol–water partition coefficient (Wildman–Crippen LogP) is 10.2. The number of rotatable bonds is 4. The van der Waals surface area contributed by atoms with Gasteiger partial charge in [0.2, 0.25) is 0 Å². The third-order valence-electron chi connectivity index (χ3n) is 7.60. The largest absolute Gasteiger partial charge is 0.355 e. The molecule has 9 rings (SSSR count). The van der Waals surface area contributed by atoms with Gasteiger partial charge in [0.05, 0.1) is 22.8 Å². The first-order valence-corrected chi connectivity index (χ1v) is 17.5. The number of fused-ring (bicyclic) bond motifs is 8. The van der Waals surface area contributed by atoms with Crippen LogP contribution in [0.2, 0.25) is 0 Å². The number of aromatic nitrogens is 4. The molecule has 0 fully saturated rings. The number of para-hydroxylation sites is 4. The predicted molar refractivity (Wildman–Crippen MR) is 227 cm³/mol. The Morgan fingerprint density at radius 3 is 0.869 bits per heavy atom. The molecule has 7 aromatic rings. The van der Waals surface area contributed by atoms with Crippen molar-refractivity contribution in [2.45, 2.75) is 0 Å². The van der Waals surface area contributed by atoms with Crippen LogP contribution in [0.3, 0.4) is 0 Å². The Bertz CT molecular complexity index is 2500. The number of nitrogens with zero attached hydrogens (tertiary/aromatic N) is 6. The molecule has 0 atom stereocenters. The summed E-state index contributed by atoms with van der Waals surface area (Å²) in [5.41, 5.74) is 7.91. The molecule has 61 heavy (non-hydrogen) atoms. The van der Waals surface area contributed by atoms with Crippen LogP contribution in [-0.2, 0) is 16.8 Å². The number of aromatic amines is 2. The fraction of sp³-hybridized carbons (Fsp3) is 0. The van der Waals surface area contributed by atoms with E-state index in [4.69, 9.17) is 0 Å². The summed E-state index contributed by atoms with van der Waals surface area (Å²) in [6.45, 7) is 0. The molecule has 307 valence electrons. The van der Waals surface area contributed by atoms with E-state index < -0.39 is 19.7 Å². The molecule has 2 N–H and O–H groups in total. The zero-order chi connectivity index (χ0) is 42.7. The van der Waals surface area contributed by atoms with E-state index in [2.05, 4.69) is 74.5 Å². The van der Waals surface area contributed by atoms with Gasteiger partial charge >= 0.3 is 0 Å². The summed E-state index contributed by atoms with van der Waals surface area (Å²) in [7, 11) is 0. The van der Waals surface area contributed by atoms with Crippen LogP contribution >= 0.6 is 0 Å². The van der Waals surface area contributed by atoms with Gasteiger partial charge in [-0.15, -0.1) is 24.3 Å². The summed E-state index contributed by atoms with van der Waals surface area (Å²) >= 11 is 0. The summed E-state index contributed by atoms with van der Waals surface area (Å²) in [4.78, 5) is 54.0. The van der Waals surface area contributed by atoms with Gasteiger partial charge in [-0.05, 0) is 72.8 Å². The number of benzene rings is 4. The van der Waals surface area contributed by atoms with Gasteiger partial charge in [0.1, 0.15) is 0 Å². The summed E-state index contributed by atoms with van der Waals surface area (Å²) in [6.07, 6.45) is 8.05. The number of non-ortho nitro benzene ring substituents is 4. The van der Waals surface area contributed by atoms with Crippen LogP contribution in [0, 0.1) is 64.7 Å². The quantitative estimate of drug-likeness (QED) is 0.0966. The van der Waals surface area contributed by atoms with Gasteiger partial charge in [-0.3, -0.25) is 40.5 Å². The first kappa shape index (κ1) is 45.3. The van der Waals surface area contributed by atoms with E-state index in [1.807, 2.05) is 42.5 Å². The van der Waals surface area contributed by atoms with Gasteiger partial charge in [-0.25, -0.2) is 9.97 Å². The van der Waals surface area contributed by atoms with E-state index >= 15 is 0 Å². The number of hydrogen-bond acceptors (Lipinski definition) is 10. The molecule has 0 spiro atoms. The number of nitro benzene ring substituents is 4. The first-order chi connectivity index (χ1) is 29.0. The van der Waals surface area contributed by atoms with Gasteiger partial charge in [0.25, 0.3) is 0 Å². The van der Waals surface area contributed by atoms with Gasteiger partial charge in [0.15, 0.2) is 22.7 Å². The fourth-order valence-corrected chi connectivity index (χ4v) is 4.93. The van der Waals surface area contributed by atoms with Gasteiger partial charge in [-0.1, -0.05) is 24.3 Å². The minimum absolute atomic E-state index is 0. The molecule has 2 aliphatic rings. The Hall–Kier alpha value is -8.41. The maximum atomic E-state index is 9.98. The van der Waals surface area contributed by atoms with Gasteiger partial charge < -0.3 is 9.97 Å². The van der Waals surface area contributed by atoms with Crippen molar-refractivity contribution < 1.29 is 36.5 Å². The molecule has 0 aliphatic carbocycles. The van der Waals surface area contributed by atoms with Crippen LogP contribution < -0.4 is 0 Å². The molecule has 16 nitrogen and oxygen atoms in total. The average molecular weight is 858 g/mol. The van der Waals surface area contributed by atoms with Crippen LogP contribution in [0.5, 0.6) is 0 Å². The number of hydrogen-bond donors (Lipinski definition) is 2. The fourth-order valence-electron chi connectivity index (χ4n) is 4.93. The van der Waals surface area contributed by atoms with Crippen molar-refractivity contribution in [2.24, 2.45) is 0 Å². The van der Waals surface area contributed by atoms with E-state index in [9.17, 15) is 40.5 Å². The smallest absolute Gasteiger partial charge is 0.162 e. The van der Waals surface area contributed by atoms with Crippen molar-refractivity contribution in [1.29, 1.82) is 0 Å². The Morgan fingerprint density at radius 2 is 0.639 bits per heavy atom. The Kier molecular flexibility index (Phi) is 17.2. The molecule has 3 aromatic heterocycles. The molecule has 0 saturated carbocycles. The molecule has 8 bridgehead atoms. The standard InChI is InChI=1S/C20H14N4.4C6H4NO2.Co/c1-2-14-10-16-5-6-18(23-16)12-20-8-7-19(24-20)11-17-4-3-15(22-17)9-13(1)21-14;4*8-7(9)6-4-2-1-3-5-6;/h1-12,21-22H;4*1-4H;/q;4*-1;. The molecule has 2 aliphatic heterocycles. The topological polar surface area (TPSA) is 230 Å². The number of nitrogens with one attached hydrogen (secondary N) is 2. The molecule has 0 saturated heterocycles. The van der Waals surface area contributed by atoms with Gasteiger partial charge in [0, 0.05) is 58.5 Å². The minimum atomic E-state index is -0.472. The van der Waals surface area contributed by atoms with E-state index in [0.29, 0.717) is 0 Å². The van der Waals surface area contributed by atoms with Crippen molar-refractivity contribution in [1.82, 2.24) is 19.9 Å². The maximum Gasteiger partial charge on any atom is 0.162 e. The molecular formula is C44H30CoN8O8-4. The van der Waals surface area contributed by atoms with E-state index in [0.717, 1.165) is 44.8 Å². The van der Waals surface area contributed by atoms with E-state index in [-0.39, 0.29) is 39.5 Å². The monoisotopic (exact) mass is 857 g/mol. The van der Waals surface area contributed by atoms with Crippen molar-refractivity contribution >= 4 is 69.1 Å². The number of H-pyrrole nitrogens is 2. The molecule has 17 heteroatoms. The minimum Gasteiger partial charge on any atom is -0.355 e. The van der Waals surface area contributed by atoms with Crippen molar-refractivity contribution in [2.75, 3.05) is 0 Å². The van der Waals surface area contributed by atoms with Crippen LogP contribution in [0.15, 0.2) is 146 Å². The molecule has 5 heterocycles. The molecular weight excluding hydrogens is 827 g/mol. The molecule has 1 radical (unpaired) electrons. The molecule has 4 aromatic carbocycles. The average Bonchev–Trinajstić information content (AvgIpc) is 4.11. The second kappa shape index (κ2) is 23.1. The summed E-state index contributed by atoms with van der Waals surface area (Å²) < 4.78 is 0. The third-order valence-corrected chi connectivity index (χ3v) is 7.60. The van der Waals surface area contributed by atoms with Crippen LogP contribution in [0.1, 0.15) is 22.8 Å². The molecule has 0 amide bonds. The second-order valence-electron chi connectivity index (χ2n) is 11.9. The Balaban J connectivity index is 0.000000185. The van der Waals surface area contributed by atoms with Crippen LogP contribution in [0.25, 0.3) is 46.4 Å². The summed E-state index contributed by atoms with van der Waals surface area (Å²) in [6, 6.07) is 51.1. The zero-order valence-electron chi connectivity index (χ0n) is 31.4. The van der Waals surface area contributed by atoms with Crippen LogP contribution in [0.4, 0.5) is 22.7 Å². The van der Waals surface area contributed by atoms with E-state index in [1.165, 1.54) is 48.5 Å². The van der Waals surface area contributed by atoms with Crippen molar-refractivity contribution in [3.05, 3.63) is 233 Å². The Labute approximate surface area is 357 Å². The first-order valence-electron chi connectivity index (χ1n) is 17.5. The summed E-state index contributed by atoms with van der Waals surface area (Å²) in [5, 5.41) is 39.9. The van der Waals surface area contributed by atoms with E-state index in [1.54, 1.807) is 48.5 Å². The van der Waals surface area contributed by atoms with Gasteiger partial charge in [-0.2, -0.15) is 72.8 Å². The number of nitro groups is 4. The molecule has 0 unspecified atom stereocenters. The Morgan fingerprint density at radius 1 is 0.377 bits per heavy atom. The second-order valence-corrected chi connectivity index (χ2v) is 11.9. The summed E-state index contributed by atoms with van der Waals surface area (Å²) in [5.74, 6) is 0. The van der Waals surface area contributed by atoms with Crippen LogP contribution in [-0.4, -0.2) is 39.6 Å². The normalized spacial score (nSPS) is 10.2. The maximum absolute atomic E-state index is 9.98.